The van der Waals surface area contributed by atoms with Crippen molar-refractivity contribution in [2.45, 2.75) is 37.1 Å². The lowest BCUT2D eigenvalue weighted by molar-refractivity contribution is 0.204. The second-order valence-corrected chi connectivity index (χ2v) is 8.80. The quantitative estimate of drug-likeness (QED) is 0.658. The molecule has 1 unspecified atom stereocenters. The van der Waals surface area contributed by atoms with E-state index < -0.39 is 21.9 Å². The van der Waals surface area contributed by atoms with Gasteiger partial charge in [-0.15, -0.1) is 0 Å². The van der Waals surface area contributed by atoms with E-state index in [1.54, 1.807) is 0 Å². The summed E-state index contributed by atoms with van der Waals surface area (Å²) < 4.78 is 46.3. The normalized spacial score (nSPS) is 18.3. The lowest BCUT2D eigenvalue weighted by Crippen LogP contribution is -2.38. The van der Waals surface area contributed by atoms with Gasteiger partial charge in [-0.25, -0.2) is 12.8 Å². The summed E-state index contributed by atoms with van der Waals surface area (Å²) in [5.74, 6) is 0.235. The third kappa shape index (κ3) is 3.57. The highest BCUT2D eigenvalue weighted by Gasteiger charge is 2.37. The number of hydrogen-bond acceptors (Lipinski definition) is 5. The molecule has 1 atom stereocenters. The number of sulfonamides is 1. The number of aryl methyl sites for hydroxylation is 1. The predicted octanol–water partition coefficient (Wildman–Crippen LogP) is 4.10. The van der Waals surface area contributed by atoms with Crippen LogP contribution in [0.25, 0.3) is 11.4 Å². The fourth-order valence-corrected chi connectivity index (χ4v) is 5.10. The molecule has 1 fully saturated rings. The molecule has 0 N–H and O–H groups in total. The van der Waals surface area contributed by atoms with E-state index in [9.17, 15) is 12.8 Å². The van der Waals surface area contributed by atoms with Crippen molar-refractivity contribution in [2.75, 3.05) is 6.54 Å². The van der Waals surface area contributed by atoms with Crippen LogP contribution < -0.4 is 0 Å². The Labute approximate surface area is 163 Å². The van der Waals surface area contributed by atoms with Crippen molar-refractivity contribution in [3.8, 4) is 11.4 Å². The number of benzene rings is 2. The molecular formula is C20H20FN3O3S. The SMILES string of the molecule is Cc1cccc(-c2noc(C3CCCCN3S(=O)(=O)c3ccc(F)cc3)n2)c1. The van der Waals surface area contributed by atoms with Crippen LogP contribution in [0.1, 0.15) is 36.8 Å². The Hall–Kier alpha value is -2.58. The summed E-state index contributed by atoms with van der Waals surface area (Å²) in [5.41, 5.74) is 1.89. The number of aromatic nitrogens is 2. The first-order valence-corrected chi connectivity index (χ1v) is 10.6. The Morgan fingerprint density at radius 3 is 2.68 bits per heavy atom. The van der Waals surface area contributed by atoms with Gasteiger partial charge in [0.2, 0.25) is 21.7 Å². The first-order valence-electron chi connectivity index (χ1n) is 9.13. The number of halogens is 1. The van der Waals surface area contributed by atoms with Gasteiger partial charge in [0, 0.05) is 12.1 Å². The van der Waals surface area contributed by atoms with Crippen LogP contribution in [-0.4, -0.2) is 29.4 Å². The zero-order valence-corrected chi connectivity index (χ0v) is 16.2. The summed E-state index contributed by atoms with van der Waals surface area (Å²) in [6.45, 7) is 2.33. The molecule has 2 aromatic carbocycles. The molecule has 0 radical (unpaired) electrons. The molecule has 1 aromatic heterocycles. The largest absolute Gasteiger partial charge is 0.337 e. The molecule has 146 valence electrons. The monoisotopic (exact) mass is 401 g/mol. The molecule has 28 heavy (non-hydrogen) atoms. The average Bonchev–Trinajstić information content (AvgIpc) is 3.18. The van der Waals surface area contributed by atoms with Crippen LogP contribution in [0.2, 0.25) is 0 Å². The first-order chi connectivity index (χ1) is 13.4. The molecule has 1 aliphatic rings. The molecule has 6 nitrogen and oxygen atoms in total. The van der Waals surface area contributed by atoms with E-state index in [2.05, 4.69) is 10.1 Å². The molecule has 0 amide bonds. The molecule has 8 heteroatoms. The summed E-state index contributed by atoms with van der Waals surface area (Å²) in [4.78, 5) is 4.53. The van der Waals surface area contributed by atoms with E-state index in [0.717, 1.165) is 36.1 Å². The standard InChI is InChI=1S/C20H20FN3O3S/c1-14-5-4-6-15(13-14)19-22-20(27-23-19)18-7-2-3-12-24(18)28(25,26)17-10-8-16(21)9-11-17/h4-6,8-11,13,18H,2-3,7,12H2,1H3. The topological polar surface area (TPSA) is 76.3 Å². The summed E-state index contributed by atoms with van der Waals surface area (Å²) in [7, 11) is -3.80. The Kier molecular flexibility index (Phi) is 4.99. The third-order valence-electron chi connectivity index (χ3n) is 4.88. The maximum atomic E-state index is 13.2. The van der Waals surface area contributed by atoms with Crippen LogP contribution in [-0.2, 0) is 10.0 Å². The molecular weight excluding hydrogens is 381 g/mol. The number of rotatable bonds is 4. The van der Waals surface area contributed by atoms with Crippen molar-refractivity contribution in [2.24, 2.45) is 0 Å². The van der Waals surface area contributed by atoms with Crippen molar-refractivity contribution < 1.29 is 17.3 Å². The van der Waals surface area contributed by atoms with Crippen molar-refractivity contribution in [1.29, 1.82) is 0 Å². The molecule has 4 rings (SSSR count). The van der Waals surface area contributed by atoms with E-state index in [-0.39, 0.29) is 10.8 Å². The van der Waals surface area contributed by atoms with Gasteiger partial charge in [0.25, 0.3) is 0 Å². The van der Waals surface area contributed by atoms with E-state index in [1.807, 2.05) is 31.2 Å². The summed E-state index contributed by atoms with van der Waals surface area (Å²) in [6.07, 6.45) is 2.20. The van der Waals surface area contributed by atoms with E-state index in [1.165, 1.54) is 16.4 Å². The van der Waals surface area contributed by atoms with Crippen molar-refractivity contribution >= 4 is 10.0 Å². The van der Waals surface area contributed by atoms with Crippen molar-refractivity contribution in [3.05, 3.63) is 65.8 Å². The van der Waals surface area contributed by atoms with Gasteiger partial charge in [0.15, 0.2) is 0 Å². The number of nitrogens with zero attached hydrogens (tertiary/aromatic N) is 3. The zero-order valence-electron chi connectivity index (χ0n) is 15.4. The third-order valence-corrected chi connectivity index (χ3v) is 6.80. The summed E-state index contributed by atoms with van der Waals surface area (Å²) in [6, 6.07) is 12.0. The van der Waals surface area contributed by atoms with Gasteiger partial charge in [-0.05, 0) is 50.1 Å². The minimum Gasteiger partial charge on any atom is -0.337 e. The lowest BCUT2D eigenvalue weighted by atomic mass is 10.1. The second-order valence-electron chi connectivity index (χ2n) is 6.91. The van der Waals surface area contributed by atoms with Gasteiger partial charge in [0.05, 0.1) is 4.90 Å². The lowest BCUT2D eigenvalue weighted by Gasteiger charge is -2.32. The molecule has 0 aliphatic carbocycles. The molecule has 1 saturated heterocycles. The maximum Gasteiger partial charge on any atom is 0.245 e. The Bertz CT molecular complexity index is 1080. The number of piperidine rings is 1. The highest BCUT2D eigenvalue weighted by Crippen LogP contribution is 2.35. The van der Waals surface area contributed by atoms with Gasteiger partial charge in [0.1, 0.15) is 11.9 Å². The zero-order chi connectivity index (χ0) is 19.7. The average molecular weight is 401 g/mol. The van der Waals surface area contributed by atoms with Crippen LogP contribution in [0.5, 0.6) is 0 Å². The van der Waals surface area contributed by atoms with E-state index in [4.69, 9.17) is 4.52 Å². The Balaban J connectivity index is 1.67. The highest BCUT2D eigenvalue weighted by atomic mass is 32.2. The van der Waals surface area contributed by atoms with Crippen LogP contribution in [0.4, 0.5) is 4.39 Å². The number of hydrogen-bond donors (Lipinski definition) is 0. The van der Waals surface area contributed by atoms with Gasteiger partial charge in [-0.3, -0.25) is 0 Å². The fraction of sp³-hybridized carbons (Fsp3) is 0.300. The molecule has 3 aromatic rings. The smallest absolute Gasteiger partial charge is 0.245 e. The Morgan fingerprint density at radius 1 is 1.14 bits per heavy atom. The van der Waals surface area contributed by atoms with Gasteiger partial charge >= 0.3 is 0 Å². The summed E-state index contributed by atoms with van der Waals surface area (Å²) in [5, 5.41) is 4.05. The molecule has 0 spiro atoms. The second kappa shape index (κ2) is 7.44. The van der Waals surface area contributed by atoms with Crippen molar-refractivity contribution in [3.63, 3.8) is 0 Å². The maximum absolute atomic E-state index is 13.2. The molecule has 0 saturated carbocycles. The molecule has 0 bridgehead atoms. The molecule has 1 aliphatic heterocycles. The van der Waals surface area contributed by atoms with E-state index in [0.29, 0.717) is 18.8 Å². The summed E-state index contributed by atoms with van der Waals surface area (Å²) >= 11 is 0. The first kappa shape index (κ1) is 18.8. The van der Waals surface area contributed by atoms with Crippen LogP contribution in [0.15, 0.2) is 57.9 Å². The highest BCUT2D eigenvalue weighted by molar-refractivity contribution is 7.89. The Morgan fingerprint density at radius 2 is 1.93 bits per heavy atom. The molecule has 2 heterocycles. The fourth-order valence-electron chi connectivity index (χ4n) is 3.45. The van der Waals surface area contributed by atoms with Crippen LogP contribution in [0.3, 0.4) is 0 Å². The van der Waals surface area contributed by atoms with Gasteiger partial charge < -0.3 is 4.52 Å². The van der Waals surface area contributed by atoms with Gasteiger partial charge in [-0.2, -0.15) is 9.29 Å². The predicted molar refractivity (Wildman–Crippen MR) is 101 cm³/mol. The van der Waals surface area contributed by atoms with E-state index >= 15 is 0 Å². The van der Waals surface area contributed by atoms with Crippen LogP contribution in [0, 0.1) is 12.7 Å². The van der Waals surface area contributed by atoms with Crippen LogP contribution >= 0.6 is 0 Å². The van der Waals surface area contributed by atoms with Crippen molar-refractivity contribution in [1.82, 2.24) is 14.4 Å². The van der Waals surface area contributed by atoms with Gasteiger partial charge in [-0.1, -0.05) is 35.3 Å². The minimum absolute atomic E-state index is 0.0548. The minimum atomic E-state index is -3.80.